The van der Waals surface area contributed by atoms with Gasteiger partial charge in [-0.15, -0.1) is 0 Å². The van der Waals surface area contributed by atoms with Crippen LogP contribution in [0.25, 0.3) is 28.1 Å². The predicted molar refractivity (Wildman–Crippen MR) is 112 cm³/mol. The van der Waals surface area contributed by atoms with E-state index in [1.165, 1.54) is 0 Å². The number of hydrogen-bond donors (Lipinski definition) is 1. The van der Waals surface area contributed by atoms with Gasteiger partial charge in [0.05, 0.1) is 6.20 Å². The van der Waals surface area contributed by atoms with E-state index in [2.05, 4.69) is 32.3 Å². The number of rotatable bonds is 4. The lowest BCUT2D eigenvalue weighted by Crippen LogP contribution is -2.08. The van der Waals surface area contributed by atoms with Gasteiger partial charge in [0.1, 0.15) is 11.3 Å². The summed E-state index contributed by atoms with van der Waals surface area (Å²) in [6.45, 7) is 0. The molecule has 0 unspecified atom stereocenters. The second-order valence-electron chi connectivity index (χ2n) is 6.83. The van der Waals surface area contributed by atoms with Crippen molar-refractivity contribution in [2.75, 3.05) is 24.3 Å². The van der Waals surface area contributed by atoms with Crippen LogP contribution in [0.2, 0.25) is 0 Å². The minimum absolute atomic E-state index is 0.695. The molecule has 0 aliphatic carbocycles. The molecule has 0 saturated carbocycles. The Kier molecular flexibility index (Phi) is 3.76. The van der Waals surface area contributed by atoms with Crippen molar-refractivity contribution in [2.45, 2.75) is 0 Å². The van der Waals surface area contributed by atoms with Crippen molar-refractivity contribution >= 4 is 33.8 Å². The fourth-order valence-corrected chi connectivity index (χ4v) is 3.30. The summed E-state index contributed by atoms with van der Waals surface area (Å²) in [5.74, 6) is 1.47. The molecule has 0 bridgehead atoms. The van der Waals surface area contributed by atoms with Crippen molar-refractivity contribution in [3.05, 3.63) is 73.2 Å². The summed E-state index contributed by atoms with van der Waals surface area (Å²) in [7, 11) is 4.04. The van der Waals surface area contributed by atoms with Gasteiger partial charge in [0.15, 0.2) is 17.2 Å². The molecule has 0 spiro atoms. The fourth-order valence-electron chi connectivity index (χ4n) is 3.30. The first-order valence-corrected chi connectivity index (χ1v) is 9.04. The average Bonchev–Trinajstić information content (AvgIpc) is 3.32. The van der Waals surface area contributed by atoms with Crippen molar-refractivity contribution < 1.29 is 4.42 Å². The first kappa shape index (κ1) is 16.4. The number of nitrogens with one attached hydrogen (secondary N) is 1. The van der Waals surface area contributed by atoms with Crippen molar-refractivity contribution in [1.29, 1.82) is 0 Å². The van der Waals surface area contributed by atoms with Crippen molar-refractivity contribution in [3.8, 4) is 11.5 Å². The van der Waals surface area contributed by atoms with E-state index in [4.69, 9.17) is 4.42 Å². The number of hydrogen-bond acceptors (Lipinski definition) is 5. The summed E-state index contributed by atoms with van der Waals surface area (Å²) in [5, 5.41) is 4.45. The zero-order valence-electron chi connectivity index (χ0n) is 15.6. The van der Waals surface area contributed by atoms with Crippen LogP contribution >= 0.6 is 0 Å². The summed E-state index contributed by atoms with van der Waals surface area (Å²) in [6.07, 6.45) is 5.47. The monoisotopic (exact) mass is 369 g/mol. The topological polar surface area (TPSA) is 58.6 Å². The van der Waals surface area contributed by atoms with E-state index in [9.17, 15) is 0 Å². The second kappa shape index (κ2) is 6.42. The molecule has 3 aromatic heterocycles. The first-order valence-electron chi connectivity index (χ1n) is 9.04. The molecule has 0 fully saturated rings. The maximum Gasteiger partial charge on any atom is 0.181 e. The predicted octanol–water partition coefficient (Wildman–Crippen LogP) is 4.95. The molecular formula is C22H19N5O. The van der Waals surface area contributed by atoms with Gasteiger partial charge in [-0.1, -0.05) is 24.3 Å². The molecule has 6 nitrogen and oxygen atoms in total. The van der Waals surface area contributed by atoms with Gasteiger partial charge in [0.2, 0.25) is 0 Å². The van der Waals surface area contributed by atoms with Crippen LogP contribution in [0, 0.1) is 0 Å². The summed E-state index contributed by atoms with van der Waals surface area (Å²) in [5.41, 5.74) is 4.57. The van der Waals surface area contributed by atoms with Crippen LogP contribution in [0.3, 0.4) is 0 Å². The average molecular weight is 369 g/mol. The van der Waals surface area contributed by atoms with Crippen LogP contribution in [0.5, 0.6) is 0 Å². The largest absolute Gasteiger partial charge is 0.454 e. The van der Waals surface area contributed by atoms with Gasteiger partial charge in [-0.05, 0) is 30.3 Å². The van der Waals surface area contributed by atoms with Gasteiger partial charge in [-0.2, -0.15) is 0 Å². The third kappa shape index (κ3) is 2.75. The van der Waals surface area contributed by atoms with E-state index in [-0.39, 0.29) is 0 Å². The number of benzene rings is 2. The van der Waals surface area contributed by atoms with Crippen LogP contribution in [-0.4, -0.2) is 28.5 Å². The lowest BCUT2D eigenvalue weighted by atomic mass is 10.2. The van der Waals surface area contributed by atoms with Gasteiger partial charge in [0, 0.05) is 43.3 Å². The molecule has 5 aromatic rings. The van der Waals surface area contributed by atoms with E-state index in [0.717, 1.165) is 39.4 Å². The van der Waals surface area contributed by atoms with Gasteiger partial charge in [-0.25, -0.2) is 9.97 Å². The summed E-state index contributed by atoms with van der Waals surface area (Å²) in [6, 6.07) is 18.2. The van der Waals surface area contributed by atoms with Gasteiger partial charge >= 0.3 is 0 Å². The smallest absolute Gasteiger partial charge is 0.181 e. The molecule has 1 N–H and O–H groups in total. The van der Waals surface area contributed by atoms with E-state index in [1.807, 2.05) is 73.4 Å². The molecular weight excluding hydrogens is 350 g/mol. The highest BCUT2D eigenvalue weighted by atomic mass is 16.3. The molecule has 0 aliphatic heterocycles. The minimum atomic E-state index is 0.695. The van der Waals surface area contributed by atoms with Crippen molar-refractivity contribution in [1.82, 2.24) is 14.4 Å². The molecule has 138 valence electrons. The Labute approximate surface area is 162 Å². The molecule has 5 rings (SSSR count). The third-order valence-corrected chi connectivity index (χ3v) is 4.73. The highest BCUT2D eigenvalue weighted by molar-refractivity contribution is 5.83. The Morgan fingerprint density at radius 2 is 1.89 bits per heavy atom. The lowest BCUT2D eigenvalue weighted by Gasteiger charge is -2.14. The van der Waals surface area contributed by atoms with Crippen molar-refractivity contribution in [2.24, 2.45) is 0 Å². The quantitative estimate of drug-likeness (QED) is 0.486. The Morgan fingerprint density at radius 1 is 1.00 bits per heavy atom. The number of fused-ring (bicyclic) bond motifs is 2. The van der Waals surface area contributed by atoms with E-state index < -0.39 is 0 Å². The van der Waals surface area contributed by atoms with E-state index in [1.54, 1.807) is 6.20 Å². The first-order chi connectivity index (χ1) is 13.7. The number of anilines is 3. The summed E-state index contributed by atoms with van der Waals surface area (Å²) in [4.78, 5) is 11.1. The number of furan rings is 1. The molecule has 0 saturated heterocycles. The molecule has 0 aliphatic rings. The van der Waals surface area contributed by atoms with Crippen LogP contribution in [-0.2, 0) is 0 Å². The number of para-hydroxylation sites is 1. The minimum Gasteiger partial charge on any atom is -0.454 e. The van der Waals surface area contributed by atoms with E-state index in [0.29, 0.717) is 5.82 Å². The Balaban J connectivity index is 1.56. The van der Waals surface area contributed by atoms with Crippen LogP contribution in [0.1, 0.15) is 0 Å². The standard InChI is InChI=1S/C22H19N5O/c1-26(2)17-8-5-7-16(13-17)25-21-22-24-14-18(27(22)11-10-23-21)20-12-15-6-3-4-9-19(15)28-20/h3-14H,1-2H3,(H,23,25). The van der Waals surface area contributed by atoms with Crippen molar-refractivity contribution in [3.63, 3.8) is 0 Å². The Hall–Kier alpha value is -3.80. The molecule has 28 heavy (non-hydrogen) atoms. The highest BCUT2D eigenvalue weighted by Crippen LogP contribution is 2.30. The van der Waals surface area contributed by atoms with Crippen LogP contribution in [0.4, 0.5) is 17.2 Å². The SMILES string of the molecule is CN(C)c1cccc(Nc2nccn3c(-c4cc5ccccc5o4)cnc23)c1. The molecule has 3 heterocycles. The highest BCUT2D eigenvalue weighted by Gasteiger charge is 2.14. The zero-order chi connectivity index (χ0) is 19.1. The molecule has 0 radical (unpaired) electrons. The Morgan fingerprint density at radius 3 is 2.75 bits per heavy atom. The maximum atomic E-state index is 6.01. The third-order valence-electron chi connectivity index (χ3n) is 4.73. The van der Waals surface area contributed by atoms with E-state index >= 15 is 0 Å². The van der Waals surface area contributed by atoms with Gasteiger partial charge < -0.3 is 14.6 Å². The zero-order valence-corrected chi connectivity index (χ0v) is 15.6. The molecule has 0 amide bonds. The maximum absolute atomic E-state index is 6.01. The second-order valence-corrected chi connectivity index (χ2v) is 6.83. The number of imidazole rings is 1. The van der Waals surface area contributed by atoms with Crippen LogP contribution in [0.15, 0.2) is 77.6 Å². The van der Waals surface area contributed by atoms with Crippen LogP contribution < -0.4 is 10.2 Å². The number of nitrogens with zero attached hydrogens (tertiary/aromatic N) is 4. The number of aromatic nitrogens is 3. The molecule has 0 atom stereocenters. The van der Waals surface area contributed by atoms with Gasteiger partial charge in [0.25, 0.3) is 0 Å². The molecule has 2 aromatic carbocycles. The fraction of sp³-hybridized carbons (Fsp3) is 0.0909. The summed E-state index contributed by atoms with van der Waals surface area (Å²) >= 11 is 0. The van der Waals surface area contributed by atoms with Gasteiger partial charge in [-0.3, -0.25) is 4.40 Å². The normalized spacial score (nSPS) is 11.2. The summed E-state index contributed by atoms with van der Waals surface area (Å²) < 4.78 is 8.00. The molecule has 6 heteroatoms. The Bertz CT molecular complexity index is 1250. The lowest BCUT2D eigenvalue weighted by molar-refractivity contribution is 0.628.